The van der Waals surface area contributed by atoms with Crippen LogP contribution in [0, 0.1) is 0 Å². The van der Waals surface area contributed by atoms with E-state index >= 15 is 0 Å². The Kier molecular flexibility index (Phi) is 4.29. The lowest BCUT2D eigenvalue weighted by Crippen LogP contribution is -2.12. The molecule has 0 aliphatic carbocycles. The summed E-state index contributed by atoms with van der Waals surface area (Å²) in [7, 11) is 0. The number of halogens is 2. The molecule has 19 heavy (non-hydrogen) atoms. The minimum absolute atomic E-state index is 0.0548. The van der Waals surface area contributed by atoms with E-state index in [9.17, 15) is 0 Å². The van der Waals surface area contributed by atoms with Gasteiger partial charge in [-0.2, -0.15) is 0 Å². The molecule has 98 valence electrons. The highest BCUT2D eigenvalue weighted by atomic mass is 79.9. The Bertz CT molecular complexity index is 615. The van der Waals surface area contributed by atoms with Crippen molar-refractivity contribution in [1.29, 1.82) is 0 Å². The van der Waals surface area contributed by atoms with Crippen LogP contribution >= 0.6 is 27.5 Å². The Morgan fingerprint density at radius 1 is 1.21 bits per heavy atom. The molecule has 0 spiro atoms. The number of ether oxygens (including phenoxy) is 1. The van der Waals surface area contributed by atoms with E-state index in [2.05, 4.69) is 21.1 Å². The summed E-state index contributed by atoms with van der Waals surface area (Å²) < 4.78 is 6.45. The highest BCUT2D eigenvalue weighted by Gasteiger charge is 2.04. The predicted octanol–water partition coefficient (Wildman–Crippen LogP) is 3.99. The minimum atomic E-state index is 0.0548. The molecule has 3 N–H and O–H groups in total. The van der Waals surface area contributed by atoms with Crippen LogP contribution in [0.4, 0.5) is 0 Å². The number of rotatable bonds is 3. The van der Waals surface area contributed by atoms with Crippen molar-refractivity contribution < 1.29 is 9.94 Å². The normalized spacial score (nSPS) is 11.4. The Labute approximate surface area is 123 Å². The van der Waals surface area contributed by atoms with Crippen LogP contribution in [0.2, 0.25) is 5.02 Å². The second-order valence-electron chi connectivity index (χ2n) is 3.69. The summed E-state index contributed by atoms with van der Waals surface area (Å²) in [6.07, 6.45) is 0. The second-order valence-corrected chi connectivity index (χ2v) is 4.98. The third-order valence-corrected chi connectivity index (χ3v) is 3.23. The van der Waals surface area contributed by atoms with Gasteiger partial charge in [-0.25, -0.2) is 0 Å². The van der Waals surface area contributed by atoms with Crippen molar-refractivity contribution >= 4 is 33.4 Å². The zero-order valence-electron chi connectivity index (χ0n) is 9.68. The second kappa shape index (κ2) is 5.95. The summed E-state index contributed by atoms with van der Waals surface area (Å²) in [4.78, 5) is 0. The van der Waals surface area contributed by atoms with E-state index in [0.29, 0.717) is 22.1 Å². The Morgan fingerprint density at radius 2 is 1.89 bits per heavy atom. The quantitative estimate of drug-likeness (QED) is 0.384. The average molecular weight is 342 g/mol. The number of hydrogen-bond donors (Lipinski definition) is 2. The molecule has 2 rings (SSSR count). The van der Waals surface area contributed by atoms with Gasteiger partial charge >= 0.3 is 0 Å². The first-order valence-corrected chi connectivity index (χ1v) is 6.48. The molecule has 0 radical (unpaired) electrons. The lowest BCUT2D eigenvalue weighted by Gasteiger charge is -2.08. The van der Waals surface area contributed by atoms with Crippen molar-refractivity contribution in [3.63, 3.8) is 0 Å². The van der Waals surface area contributed by atoms with Gasteiger partial charge in [-0.05, 0) is 58.4 Å². The topological polar surface area (TPSA) is 67.8 Å². The van der Waals surface area contributed by atoms with Crippen molar-refractivity contribution in [2.45, 2.75) is 0 Å². The number of oxime groups is 1. The van der Waals surface area contributed by atoms with E-state index in [1.165, 1.54) is 0 Å². The van der Waals surface area contributed by atoms with Crippen LogP contribution in [0.15, 0.2) is 52.1 Å². The molecule has 0 aromatic heterocycles. The summed E-state index contributed by atoms with van der Waals surface area (Å²) >= 11 is 9.23. The smallest absolute Gasteiger partial charge is 0.170 e. The summed E-state index contributed by atoms with van der Waals surface area (Å²) in [5.74, 6) is 1.35. The predicted molar refractivity (Wildman–Crippen MR) is 78.2 cm³/mol. The fourth-order valence-electron chi connectivity index (χ4n) is 1.44. The van der Waals surface area contributed by atoms with E-state index in [-0.39, 0.29) is 5.84 Å². The van der Waals surface area contributed by atoms with Crippen LogP contribution in [0.1, 0.15) is 5.56 Å². The molecule has 0 saturated carbocycles. The van der Waals surface area contributed by atoms with Crippen molar-refractivity contribution in [1.82, 2.24) is 0 Å². The van der Waals surface area contributed by atoms with Gasteiger partial charge in [-0.1, -0.05) is 16.8 Å². The van der Waals surface area contributed by atoms with E-state index in [1.807, 2.05) is 0 Å². The molecule has 0 saturated heterocycles. The summed E-state index contributed by atoms with van der Waals surface area (Å²) in [6.45, 7) is 0. The van der Waals surface area contributed by atoms with Gasteiger partial charge in [0.2, 0.25) is 0 Å². The summed E-state index contributed by atoms with van der Waals surface area (Å²) in [5.41, 5.74) is 6.09. The monoisotopic (exact) mass is 340 g/mol. The molecule has 0 unspecified atom stereocenters. The lowest BCUT2D eigenvalue weighted by atomic mass is 10.2. The van der Waals surface area contributed by atoms with Gasteiger partial charge in [-0.3, -0.25) is 0 Å². The number of hydrogen-bond acceptors (Lipinski definition) is 3. The molecule has 4 nitrogen and oxygen atoms in total. The zero-order valence-corrected chi connectivity index (χ0v) is 12.0. The van der Waals surface area contributed by atoms with E-state index in [1.54, 1.807) is 42.5 Å². The number of amidine groups is 1. The van der Waals surface area contributed by atoms with Crippen LogP contribution in [0.3, 0.4) is 0 Å². The van der Waals surface area contributed by atoms with Gasteiger partial charge in [0.05, 0.1) is 4.47 Å². The fraction of sp³-hybridized carbons (Fsp3) is 0. The first kappa shape index (κ1) is 13.7. The van der Waals surface area contributed by atoms with E-state index in [0.717, 1.165) is 4.47 Å². The van der Waals surface area contributed by atoms with Crippen molar-refractivity contribution in [3.05, 3.63) is 57.5 Å². The molecule has 0 atom stereocenters. The lowest BCUT2D eigenvalue weighted by molar-refractivity contribution is 0.318. The Morgan fingerprint density at radius 3 is 2.47 bits per heavy atom. The van der Waals surface area contributed by atoms with Gasteiger partial charge < -0.3 is 15.7 Å². The first-order valence-electron chi connectivity index (χ1n) is 5.31. The number of nitrogens with zero attached hydrogens (tertiary/aromatic N) is 1. The van der Waals surface area contributed by atoms with E-state index in [4.69, 9.17) is 27.3 Å². The summed E-state index contributed by atoms with van der Waals surface area (Å²) in [6, 6.07) is 12.1. The standard InChI is InChI=1S/C13H10BrClN2O2/c14-11-7-9(15)3-6-12(11)19-10-4-1-8(2-5-10)13(16)17-18/h1-7,18H,(H2,16,17). The first-order chi connectivity index (χ1) is 9.10. The molecule has 0 bridgehead atoms. The molecule has 0 heterocycles. The fourth-order valence-corrected chi connectivity index (χ4v) is 2.20. The van der Waals surface area contributed by atoms with Crippen LogP contribution in [0.25, 0.3) is 0 Å². The third-order valence-electron chi connectivity index (χ3n) is 2.38. The SMILES string of the molecule is N/C(=N\O)c1ccc(Oc2ccc(Cl)cc2Br)cc1. The zero-order chi connectivity index (χ0) is 13.8. The van der Waals surface area contributed by atoms with Gasteiger partial charge in [0.15, 0.2) is 5.84 Å². The molecule has 2 aromatic rings. The van der Waals surface area contributed by atoms with Crippen molar-refractivity contribution in [2.75, 3.05) is 0 Å². The molecular formula is C13H10BrClN2O2. The van der Waals surface area contributed by atoms with Crippen LogP contribution < -0.4 is 10.5 Å². The molecule has 0 aliphatic rings. The van der Waals surface area contributed by atoms with Crippen LogP contribution in [0.5, 0.6) is 11.5 Å². The maximum absolute atomic E-state index is 8.57. The third kappa shape index (κ3) is 3.39. The minimum Gasteiger partial charge on any atom is -0.456 e. The number of nitrogens with two attached hydrogens (primary N) is 1. The highest BCUT2D eigenvalue weighted by molar-refractivity contribution is 9.10. The van der Waals surface area contributed by atoms with Gasteiger partial charge in [0, 0.05) is 10.6 Å². The van der Waals surface area contributed by atoms with Crippen molar-refractivity contribution in [3.8, 4) is 11.5 Å². The van der Waals surface area contributed by atoms with E-state index < -0.39 is 0 Å². The molecule has 0 aliphatic heterocycles. The number of benzene rings is 2. The molecular weight excluding hydrogens is 332 g/mol. The van der Waals surface area contributed by atoms with Gasteiger partial charge in [0.25, 0.3) is 0 Å². The highest BCUT2D eigenvalue weighted by Crippen LogP contribution is 2.31. The maximum atomic E-state index is 8.57. The molecule has 0 fully saturated rings. The van der Waals surface area contributed by atoms with Gasteiger partial charge in [0.1, 0.15) is 11.5 Å². The molecule has 6 heteroatoms. The molecule has 0 amide bonds. The average Bonchev–Trinajstić information content (AvgIpc) is 2.42. The molecule has 2 aromatic carbocycles. The largest absolute Gasteiger partial charge is 0.456 e. The van der Waals surface area contributed by atoms with Gasteiger partial charge in [-0.15, -0.1) is 0 Å². The summed E-state index contributed by atoms with van der Waals surface area (Å²) in [5, 5.41) is 12.1. The Balaban J connectivity index is 2.20. The van der Waals surface area contributed by atoms with Crippen LogP contribution in [-0.2, 0) is 0 Å². The Hall–Kier alpha value is -1.72. The maximum Gasteiger partial charge on any atom is 0.170 e. The van der Waals surface area contributed by atoms with Crippen LogP contribution in [-0.4, -0.2) is 11.0 Å². The van der Waals surface area contributed by atoms with Crippen molar-refractivity contribution in [2.24, 2.45) is 10.9 Å².